The van der Waals surface area contributed by atoms with Crippen LogP contribution in [0.3, 0.4) is 0 Å². The predicted octanol–water partition coefficient (Wildman–Crippen LogP) is 5.35. The van der Waals surface area contributed by atoms with E-state index in [1.807, 2.05) is 60.5 Å². The van der Waals surface area contributed by atoms with Gasteiger partial charge in [-0.3, -0.25) is 14.8 Å². The fourth-order valence-corrected chi connectivity index (χ4v) is 3.57. The van der Waals surface area contributed by atoms with Crippen LogP contribution in [0.2, 0.25) is 5.02 Å². The van der Waals surface area contributed by atoms with Crippen molar-refractivity contribution in [3.8, 4) is 0 Å². The number of nitrogens with one attached hydrogen (secondary N) is 1. The van der Waals surface area contributed by atoms with Gasteiger partial charge >= 0.3 is 0 Å². The van der Waals surface area contributed by atoms with Gasteiger partial charge in [0, 0.05) is 36.9 Å². The van der Waals surface area contributed by atoms with Gasteiger partial charge in [-0.15, -0.1) is 0 Å². The van der Waals surface area contributed by atoms with Gasteiger partial charge in [0.15, 0.2) is 0 Å². The summed E-state index contributed by atoms with van der Waals surface area (Å²) in [7, 11) is 0. The van der Waals surface area contributed by atoms with Gasteiger partial charge in [0.05, 0.1) is 21.8 Å². The number of para-hydroxylation sites is 2. The van der Waals surface area contributed by atoms with Crippen LogP contribution in [0.15, 0.2) is 54.7 Å². The van der Waals surface area contributed by atoms with E-state index in [2.05, 4.69) is 24.1 Å². The molecule has 6 heteroatoms. The van der Waals surface area contributed by atoms with Crippen molar-refractivity contribution in [3.05, 3.63) is 65.3 Å². The van der Waals surface area contributed by atoms with Crippen molar-refractivity contribution >= 4 is 39.8 Å². The number of halogens is 1. The zero-order valence-corrected chi connectivity index (χ0v) is 17.2. The van der Waals surface area contributed by atoms with Crippen molar-refractivity contribution in [3.63, 3.8) is 0 Å². The second-order valence-electron chi connectivity index (χ2n) is 6.32. The van der Waals surface area contributed by atoms with Crippen LogP contribution >= 0.6 is 11.6 Å². The maximum absolute atomic E-state index is 13.3. The van der Waals surface area contributed by atoms with E-state index >= 15 is 0 Å². The third-order valence-electron chi connectivity index (χ3n) is 4.75. The molecule has 0 radical (unpaired) electrons. The Labute approximate surface area is 170 Å². The summed E-state index contributed by atoms with van der Waals surface area (Å²) in [6, 6.07) is 15.2. The Hall–Kier alpha value is -2.63. The van der Waals surface area contributed by atoms with Crippen molar-refractivity contribution in [1.82, 2.24) is 15.0 Å². The minimum Gasteiger partial charge on any atom is -0.354 e. The molecule has 0 bridgehead atoms. The number of hydrogen-bond acceptors (Lipinski definition) is 4. The van der Waals surface area contributed by atoms with Crippen molar-refractivity contribution < 1.29 is 4.79 Å². The first-order valence-electron chi connectivity index (χ1n) is 9.56. The van der Waals surface area contributed by atoms with E-state index < -0.39 is 0 Å². The number of pyridine rings is 1. The molecule has 5 nitrogen and oxygen atoms in total. The first kappa shape index (κ1) is 20.1. The number of rotatable bonds is 7. The number of carbonyl (C=O) groups is 1. The van der Waals surface area contributed by atoms with E-state index in [0.717, 1.165) is 35.4 Å². The number of hydrazine groups is 1. The number of hydrogen-bond donors (Lipinski definition) is 1. The Balaban J connectivity index is 2.00. The minimum absolute atomic E-state index is 0.0225. The molecule has 0 aliphatic heterocycles. The lowest BCUT2D eigenvalue weighted by atomic mass is 10.1. The zero-order valence-electron chi connectivity index (χ0n) is 16.4. The number of amides is 1. The minimum atomic E-state index is -0.0225. The molecule has 1 heterocycles. The maximum Gasteiger partial charge on any atom is 0.270 e. The zero-order chi connectivity index (χ0) is 20.1. The van der Waals surface area contributed by atoms with E-state index in [-0.39, 0.29) is 5.91 Å². The normalized spacial score (nSPS) is 11.0. The first-order valence-corrected chi connectivity index (χ1v) is 9.94. The lowest BCUT2D eigenvalue weighted by molar-refractivity contribution is -0.00104. The second kappa shape index (κ2) is 9.04. The molecule has 0 aliphatic carbocycles. The third-order valence-corrected chi connectivity index (χ3v) is 5.06. The Bertz CT molecular complexity index is 972. The van der Waals surface area contributed by atoms with Crippen LogP contribution in [0.5, 0.6) is 0 Å². The lowest BCUT2D eigenvalue weighted by Gasteiger charge is -2.33. The van der Waals surface area contributed by atoms with Crippen LogP contribution in [-0.2, 0) is 0 Å². The van der Waals surface area contributed by atoms with Crippen LogP contribution in [0, 0.1) is 0 Å². The van der Waals surface area contributed by atoms with E-state index in [1.165, 1.54) is 0 Å². The summed E-state index contributed by atoms with van der Waals surface area (Å²) in [6.07, 6.45) is 1.72. The lowest BCUT2D eigenvalue weighted by Crippen LogP contribution is -2.46. The molecule has 1 aromatic heterocycles. The van der Waals surface area contributed by atoms with Gasteiger partial charge in [-0.25, -0.2) is 5.01 Å². The Morgan fingerprint density at radius 2 is 1.71 bits per heavy atom. The van der Waals surface area contributed by atoms with Gasteiger partial charge in [-0.2, -0.15) is 0 Å². The highest BCUT2D eigenvalue weighted by atomic mass is 35.5. The molecule has 3 aromatic rings. The van der Waals surface area contributed by atoms with Crippen LogP contribution in [0.4, 0.5) is 11.4 Å². The fourth-order valence-electron chi connectivity index (χ4n) is 3.35. The van der Waals surface area contributed by atoms with E-state index in [9.17, 15) is 4.79 Å². The molecule has 0 aliphatic rings. The van der Waals surface area contributed by atoms with Crippen LogP contribution in [0.25, 0.3) is 10.9 Å². The molecule has 0 spiro atoms. The Morgan fingerprint density at radius 1 is 0.964 bits per heavy atom. The van der Waals surface area contributed by atoms with Crippen molar-refractivity contribution in [2.24, 2.45) is 0 Å². The quantitative estimate of drug-likeness (QED) is 0.547. The number of fused-ring (bicyclic) bond motifs is 1. The molecular weight excluding hydrogens is 372 g/mol. The first-order chi connectivity index (χ1) is 13.6. The number of aromatic nitrogens is 1. The second-order valence-corrected chi connectivity index (χ2v) is 6.73. The number of nitrogens with zero attached hydrogens (tertiary/aromatic N) is 3. The summed E-state index contributed by atoms with van der Waals surface area (Å²) in [6.45, 7) is 8.26. The molecule has 3 rings (SSSR count). The Morgan fingerprint density at radius 3 is 2.43 bits per heavy atom. The molecule has 146 valence electrons. The fraction of sp³-hybridized carbons (Fsp3) is 0.273. The van der Waals surface area contributed by atoms with Gasteiger partial charge in [0.2, 0.25) is 0 Å². The van der Waals surface area contributed by atoms with Crippen LogP contribution in [-0.4, -0.2) is 40.5 Å². The highest BCUT2D eigenvalue weighted by molar-refractivity contribution is 6.35. The van der Waals surface area contributed by atoms with Crippen LogP contribution in [0.1, 0.15) is 31.1 Å². The predicted molar refractivity (Wildman–Crippen MR) is 116 cm³/mol. The van der Waals surface area contributed by atoms with Crippen molar-refractivity contribution in [2.45, 2.75) is 20.8 Å². The molecule has 1 amide bonds. The summed E-state index contributed by atoms with van der Waals surface area (Å²) in [5.74, 6) is -0.0225. The highest BCUT2D eigenvalue weighted by Crippen LogP contribution is 2.30. The average molecular weight is 397 g/mol. The molecule has 0 saturated carbocycles. The van der Waals surface area contributed by atoms with E-state index in [1.54, 1.807) is 11.2 Å². The monoisotopic (exact) mass is 396 g/mol. The molecule has 0 unspecified atom stereocenters. The topological polar surface area (TPSA) is 48.5 Å². The molecule has 1 N–H and O–H groups in total. The number of benzene rings is 2. The van der Waals surface area contributed by atoms with Crippen LogP contribution < -0.4 is 5.32 Å². The van der Waals surface area contributed by atoms with Gasteiger partial charge in [0.1, 0.15) is 0 Å². The molecular formula is C22H25ClN4O. The molecule has 0 saturated heterocycles. The third kappa shape index (κ3) is 3.96. The summed E-state index contributed by atoms with van der Waals surface area (Å²) >= 11 is 6.28. The van der Waals surface area contributed by atoms with E-state index in [4.69, 9.17) is 11.6 Å². The van der Waals surface area contributed by atoms with E-state index in [0.29, 0.717) is 17.1 Å². The smallest absolute Gasteiger partial charge is 0.270 e. The van der Waals surface area contributed by atoms with Gasteiger partial charge < -0.3 is 5.32 Å². The summed E-state index contributed by atoms with van der Waals surface area (Å²) in [4.78, 5) is 17.6. The van der Waals surface area contributed by atoms with Crippen molar-refractivity contribution in [2.75, 3.05) is 25.0 Å². The SMILES string of the molecule is CCN(CC)N(CC)C(=O)c1ccccc1Nc1ccnc2c(Cl)cccc12. The van der Waals surface area contributed by atoms with Gasteiger partial charge in [-0.05, 0) is 31.2 Å². The molecule has 2 aromatic carbocycles. The standard InChI is InChI=1S/C22H25ClN4O/c1-4-26(5-2)27(6-3)22(28)17-10-7-8-13-19(17)25-20-14-15-24-21-16(20)11-9-12-18(21)23/h7-15H,4-6H2,1-3H3,(H,24,25). The van der Waals surface area contributed by atoms with Gasteiger partial charge in [-0.1, -0.05) is 49.7 Å². The number of anilines is 2. The average Bonchev–Trinajstić information content (AvgIpc) is 2.72. The van der Waals surface area contributed by atoms with Gasteiger partial charge in [0.25, 0.3) is 5.91 Å². The summed E-state index contributed by atoms with van der Waals surface area (Å²) in [5.41, 5.74) is 2.98. The van der Waals surface area contributed by atoms with Crippen molar-refractivity contribution in [1.29, 1.82) is 0 Å². The maximum atomic E-state index is 13.3. The summed E-state index contributed by atoms with van der Waals surface area (Å²) < 4.78 is 0. The Kier molecular flexibility index (Phi) is 6.49. The molecule has 28 heavy (non-hydrogen) atoms. The molecule has 0 atom stereocenters. The summed E-state index contributed by atoms with van der Waals surface area (Å²) in [5, 5.41) is 8.76. The largest absolute Gasteiger partial charge is 0.354 e. The highest BCUT2D eigenvalue weighted by Gasteiger charge is 2.21. The molecule has 0 fully saturated rings. The number of carbonyl (C=O) groups excluding carboxylic acids is 1.